The van der Waals surface area contributed by atoms with Gasteiger partial charge in [0.05, 0.1) is 24.2 Å². The van der Waals surface area contributed by atoms with Crippen LogP contribution in [0.4, 0.5) is 0 Å². The topological polar surface area (TPSA) is 94.4 Å². The zero-order chi connectivity index (χ0) is 11.8. The first-order valence-corrected chi connectivity index (χ1v) is 6.13. The van der Waals surface area contributed by atoms with Crippen molar-refractivity contribution in [2.45, 2.75) is 49.9 Å². The first-order chi connectivity index (χ1) is 8.28. The van der Waals surface area contributed by atoms with Crippen LogP contribution in [-0.2, 0) is 4.74 Å². The molecule has 1 aromatic heterocycles. The summed E-state index contributed by atoms with van der Waals surface area (Å²) in [6.07, 6.45) is 4.28. The van der Waals surface area contributed by atoms with Gasteiger partial charge in [0, 0.05) is 6.61 Å². The van der Waals surface area contributed by atoms with Crippen LogP contribution < -0.4 is 5.73 Å². The molecule has 2 saturated heterocycles. The zero-order valence-electron chi connectivity index (χ0n) is 9.58. The van der Waals surface area contributed by atoms with Crippen molar-refractivity contribution in [2.75, 3.05) is 6.61 Å². The summed E-state index contributed by atoms with van der Waals surface area (Å²) in [4.78, 5) is 4.34. The van der Waals surface area contributed by atoms with Crippen LogP contribution in [0.25, 0.3) is 0 Å². The summed E-state index contributed by atoms with van der Waals surface area (Å²) in [5.41, 5.74) is 5.81. The first kappa shape index (κ1) is 11.1. The summed E-state index contributed by atoms with van der Waals surface area (Å²) in [6.45, 7) is 0.0239. The number of ether oxygens (including phenoxy) is 1. The van der Waals surface area contributed by atoms with Gasteiger partial charge in [-0.1, -0.05) is 5.16 Å². The Morgan fingerprint density at radius 1 is 1.47 bits per heavy atom. The molecule has 0 aliphatic carbocycles. The van der Waals surface area contributed by atoms with E-state index in [1.54, 1.807) is 0 Å². The van der Waals surface area contributed by atoms with E-state index >= 15 is 0 Å². The number of hydrogen-bond acceptors (Lipinski definition) is 6. The second kappa shape index (κ2) is 4.36. The van der Waals surface area contributed by atoms with Gasteiger partial charge in [-0.25, -0.2) is 0 Å². The average molecular weight is 239 g/mol. The van der Waals surface area contributed by atoms with Gasteiger partial charge < -0.3 is 20.1 Å². The quantitative estimate of drug-likeness (QED) is 0.794. The van der Waals surface area contributed by atoms with E-state index in [1.807, 2.05) is 0 Å². The van der Waals surface area contributed by atoms with Gasteiger partial charge >= 0.3 is 0 Å². The van der Waals surface area contributed by atoms with Crippen molar-refractivity contribution >= 4 is 0 Å². The van der Waals surface area contributed by atoms with Crippen molar-refractivity contribution in [2.24, 2.45) is 5.73 Å². The molecule has 3 rings (SSSR count). The normalized spacial score (nSPS) is 33.2. The molecule has 0 radical (unpaired) electrons. The monoisotopic (exact) mass is 239 g/mol. The smallest absolute Gasteiger partial charge is 0.243 e. The average Bonchev–Trinajstić information content (AvgIpc) is 3.05. The Morgan fingerprint density at radius 2 is 2.35 bits per heavy atom. The van der Waals surface area contributed by atoms with Gasteiger partial charge in [0.2, 0.25) is 5.89 Å². The molecule has 6 heteroatoms. The first-order valence-electron chi connectivity index (χ1n) is 6.13. The molecule has 0 spiro atoms. The number of nitrogens with zero attached hydrogens (tertiary/aromatic N) is 2. The van der Waals surface area contributed by atoms with E-state index in [0.717, 1.165) is 19.3 Å². The van der Waals surface area contributed by atoms with Gasteiger partial charge in [-0.3, -0.25) is 0 Å². The molecular formula is C11H17N3O3. The van der Waals surface area contributed by atoms with Gasteiger partial charge in [0.25, 0.3) is 0 Å². The fourth-order valence-electron chi connectivity index (χ4n) is 2.72. The summed E-state index contributed by atoms with van der Waals surface area (Å²) in [7, 11) is 0. The van der Waals surface area contributed by atoms with Gasteiger partial charge in [-0.05, 0) is 25.7 Å². The molecule has 17 heavy (non-hydrogen) atoms. The number of aromatic nitrogens is 2. The molecule has 3 heterocycles. The number of aliphatic hydroxyl groups excluding tert-OH is 1. The van der Waals surface area contributed by atoms with Gasteiger partial charge in [0.15, 0.2) is 5.82 Å². The van der Waals surface area contributed by atoms with Crippen LogP contribution in [0, 0.1) is 0 Å². The van der Waals surface area contributed by atoms with Crippen molar-refractivity contribution < 1.29 is 14.4 Å². The fourth-order valence-corrected chi connectivity index (χ4v) is 2.72. The standard InChI is InChI=1S/C11H17N3O3/c12-8(3-4-15)11-13-10(14-17-11)7-5-6-1-2-9(7)16-6/h6-9,15H,1-5,12H2. The maximum atomic E-state index is 8.81. The Labute approximate surface area is 99.1 Å². The minimum atomic E-state index is -0.374. The third-order valence-electron chi connectivity index (χ3n) is 3.65. The summed E-state index contributed by atoms with van der Waals surface area (Å²) in [5.74, 6) is 1.38. The molecule has 0 aromatic carbocycles. The van der Waals surface area contributed by atoms with Gasteiger partial charge in [-0.15, -0.1) is 0 Å². The largest absolute Gasteiger partial charge is 0.396 e. The van der Waals surface area contributed by atoms with Crippen LogP contribution in [-0.4, -0.2) is 34.1 Å². The van der Waals surface area contributed by atoms with E-state index in [0.29, 0.717) is 24.2 Å². The van der Waals surface area contributed by atoms with Crippen molar-refractivity contribution in [3.8, 4) is 0 Å². The van der Waals surface area contributed by atoms with Crippen molar-refractivity contribution in [3.05, 3.63) is 11.7 Å². The van der Waals surface area contributed by atoms with Gasteiger partial charge in [-0.2, -0.15) is 4.98 Å². The zero-order valence-corrected chi connectivity index (χ0v) is 9.58. The molecule has 2 aliphatic rings. The molecule has 2 bridgehead atoms. The Balaban J connectivity index is 1.72. The van der Waals surface area contributed by atoms with E-state index < -0.39 is 0 Å². The summed E-state index contributed by atoms with van der Waals surface area (Å²) < 4.78 is 10.9. The van der Waals surface area contributed by atoms with Crippen molar-refractivity contribution in [1.82, 2.24) is 10.1 Å². The third-order valence-corrected chi connectivity index (χ3v) is 3.65. The SMILES string of the molecule is NC(CCO)c1nc(C2CC3CCC2O3)no1. The number of aliphatic hydroxyl groups is 1. The highest BCUT2D eigenvalue weighted by Crippen LogP contribution is 2.43. The maximum Gasteiger partial charge on any atom is 0.243 e. The van der Waals surface area contributed by atoms with Crippen LogP contribution in [0.15, 0.2) is 4.52 Å². The lowest BCUT2D eigenvalue weighted by molar-refractivity contribution is 0.0996. The van der Waals surface area contributed by atoms with Crippen LogP contribution in [0.3, 0.4) is 0 Å². The van der Waals surface area contributed by atoms with Crippen molar-refractivity contribution in [1.29, 1.82) is 0 Å². The summed E-state index contributed by atoms with van der Waals surface area (Å²) >= 11 is 0. The molecule has 6 nitrogen and oxygen atoms in total. The Morgan fingerprint density at radius 3 is 3.00 bits per heavy atom. The molecule has 4 unspecified atom stereocenters. The molecule has 0 amide bonds. The molecule has 3 N–H and O–H groups in total. The number of rotatable bonds is 4. The van der Waals surface area contributed by atoms with Crippen LogP contribution in [0.2, 0.25) is 0 Å². The maximum absolute atomic E-state index is 8.81. The third kappa shape index (κ3) is 1.96. The lowest BCUT2D eigenvalue weighted by Gasteiger charge is -2.13. The Kier molecular flexibility index (Phi) is 2.85. The highest BCUT2D eigenvalue weighted by molar-refractivity contribution is 5.07. The molecule has 4 atom stereocenters. The summed E-state index contributed by atoms with van der Waals surface area (Å²) in [6, 6.07) is -0.374. The van der Waals surface area contributed by atoms with E-state index in [1.165, 1.54) is 0 Å². The molecular weight excluding hydrogens is 222 g/mol. The predicted molar refractivity (Wildman–Crippen MR) is 58.2 cm³/mol. The van der Waals surface area contributed by atoms with Crippen LogP contribution in [0.1, 0.15) is 49.4 Å². The van der Waals surface area contributed by atoms with Crippen LogP contribution >= 0.6 is 0 Å². The molecule has 94 valence electrons. The molecule has 2 aliphatic heterocycles. The second-order valence-electron chi connectivity index (χ2n) is 4.83. The highest BCUT2D eigenvalue weighted by Gasteiger charge is 2.43. The predicted octanol–water partition coefficient (Wildman–Crippen LogP) is 0.487. The molecule has 0 saturated carbocycles. The minimum absolute atomic E-state index is 0.0239. The lowest BCUT2D eigenvalue weighted by atomic mass is 9.89. The Hall–Kier alpha value is -0.980. The van der Waals surface area contributed by atoms with E-state index in [4.69, 9.17) is 20.1 Å². The summed E-state index contributed by atoms with van der Waals surface area (Å²) in [5, 5.41) is 12.8. The highest BCUT2D eigenvalue weighted by atomic mass is 16.5. The molecule has 2 fully saturated rings. The van der Waals surface area contributed by atoms with Gasteiger partial charge in [0.1, 0.15) is 0 Å². The van der Waals surface area contributed by atoms with E-state index in [-0.39, 0.29) is 24.7 Å². The second-order valence-corrected chi connectivity index (χ2v) is 4.83. The Bertz CT molecular complexity index is 395. The number of hydrogen-bond donors (Lipinski definition) is 2. The number of fused-ring (bicyclic) bond motifs is 2. The van der Waals surface area contributed by atoms with Crippen molar-refractivity contribution in [3.63, 3.8) is 0 Å². The minimum Gasteiger partial charge on any atom is -0.396 e. The fraction of sp³-hybridized carbons (Fsp3) is 0.818. The van der Waals surface area contributed by atoms with Crippen LogP contribution in [0.5, 0.6) is 0 Å². The lowest BCUT2D eigenvalue weighted by Crippen LogP contribution is -2.16. The number of nitrogens with two attached hydrogens (primary N) is 1. The van der Waals surface area contributed by atoms with E-state index in [2.05, 4.69) is 10.1 Å². The molecule has 1 aromatic rings. The van der Waals surface area contributed by atoms with E-state index in [9.17, 15) is 0 Å².